The third-order valence-corrected chi connectivity index (χ3v) is 3.75. The van der Waals surface area contributed by atoms with Crippen LogP contribution < -0.4 is 15.6 Å². The van der Waals surface area contributed by atoms with Crippen molar-refractivity contribution < 1.29 is 18.9 Å². The first kappa shape index (κ1) is 20.2. The number of nitrogens with two attached hydrogens (primary N) is 1. The Hall–Kier alpha value is -1.89. The molecule has 0 aliphatic heterocycles. The lowest BCUT2D eigenvalue weighted by molar-refractivity contribution is -0.671. The van der Waals surface area contributed by atoms with Crippen LogP contribution >= 0.6 is 0 Å². The zero-order chi connectivity index (χ0) is 18.3. The van der Waals surface area contributed by atoms with Gasteiger partial charge in [0.15, 0.2) is 0 Å². The van der Waals surface area contributed by atoms with Crippen LogP contribution in [0.3, 0.4) is 0 Å². The molecule has 1 amide bonds. The maximum Gasteiger partial charge on any atom is 0.328 e. The highest BCUT2D eigenvalue weighted by Gasteiger charge is 2.27. The molecule has 0 aliphatic rings. The number of hydrogen-bond donors (Lipinski definition) is 2. The van der Waals surface area contributed by atoms with Crippen molar-refractivity contribution in [1.29, 1.82) is 0 Å². The third-order valence-electron chi connectivity index (χ3n) is 3.75. The summed E-state index contributed by atoms with van der Waals surface area (Å²) in [5.74, 6) is -0.466. The van der Waals surface area contributed by atoms with E-state index >= 15 is 0 Å². The van der Waals surface area contributed by atoms with Gasteiger partial charge < -0.3 is 15.8 Å². The lowest BCUT2D eigenvalue weighted by Gasteiger charge is -2.22. The average molecular weight is 339 g/mol. The van der Waals surface area contributed by atoms with Gasteiger partial charge in [-0.25, -0.2) is 13.9 Å². The predicted octanol–water partition coefficient (Wildman–Crippen LogP) is 0.370. The molecule has 7 heteroatoms. The van der Waals surface area contributed by atoms with Gasteiger partial charge in [-0.2, -0.15) is 0 Å². The molecule has 0 spiro atoms. The van der Waals surface area contributed by atoms with Crippen LogP contribution in [0.25, 0.3) is 0 Å². The van der Waals surface area contributed by atoms with Crippen LogP contribution in [-0.4, -0.2) is 35.1 Å². The molecule has 0 aliphatic carbocycles. The number of hydrogen-bond acceptors (Lipinski definition) is 4. The van der Waals surface area contributed by atoms with Crippen molar-refractivity contribution in [2.24, 2.45) is 24.6 Å². The molecule has 1 heterocycles. The molecule has 1 rings (SSSR count). The zero-order valence-corrected chi connectivity index (χ0v) is 15.4. The minimum atomic E-state index is -0.664. The summed E-state index contributed by atoms with van der Waals surface area (Å²) in [6.07, 6.45) is 6.25. The van der Waals surface area contributed by atoms with Crippen LogP contribution in [0.15, 0.2) is 18.7 Å². The van der Waals surface area contributed by atoms with Crippen molar-refractivity contribution in [1.82, 2.24) is 9.88 Å². The van der Waals surface area contributed by atoms with Crippen LogP contribution in [0.2, 0.25) is 0 Å². The van der Waals surface area contributed by atoms with E-state index in [-0.39, 0.29) is 24.3 Å². The van der Waals surface area contributed by atoms with E-state index in [1.165, 1.54) is 0 Å². The number of nitrogens with one attached hydrogen (secondary N) is 1. The second-order valence-electron chi connectivity index (χ2n) is 6.94. The van der Waals surface area contributed by atoms with Gasteiger partial charge in [-0.05, 0) is 18.3 Å². The monoisotopic (exact) mass is 339 g/mol. The largest absolute Gasteiger partial charge is 0.460 e. The molecule has 7 nitrogen and oxygen atoms in total. The van der Waals surface area contributed by atoms with E-state index in [4.69, 9.17) is 10.5 Å². The number of aromatic nitrogens is 2. The van der Waals surface area contributed by atoms with E-state index in [2.05, 4.69) is 5.32 Å². The molecule has 24 heavy (non-hydrogen) atoms. The Labute approximate surface area is 144 Å². The Balaban J connectivity index is 2.55. The molecule has 0 unspecified atom stereocenters. The first-order valence-electron chi connectivity index (χ1n) is 8.44. The summed E-state index contributed by atoms with van der Waals surface area (Å²) in [6, 6.07) is -1.30. The maximum absolute atomic E-state index is 12.3. The zero-order valence-electron chi connectivity index (χ0n) is 15.4. The SMILES string of the molecule is CC(C)C[C@H](NC(=O)[C@@H](N)C(C)C)C(=O)OCCn1cc[n+](C)c1. The lowest BCUT2D eigenvalue weighted by Crippen LogP contribution is -2.51. The van der Waals surface area contributed by atoms with Crippen LogP contribution in [0.1, 0.15) is 34.1 Å². The summed E-state index contributed by atoms with van der Waals surface area (Å²) in [6.45, 7) is 8.56. The molecule has 0 radical (unpaired) electrons. The number of nitrogens with zero attached hydrogens (tertiary/aromatic N) is 2. The fraction of sp³-hybridized carbons (Fsp3) is 0.706. The summed E-state index contributed by atoms with van der Waals surface area (Å²) < 4.78 is 9.18. The molecule has 136 valence electrons. The van der Waals surface area contributed by atoms with E-state index in [0.29, 0.717) is 13.0 Å². The summed E-state index contributed by atoms with van der Waals surface area (Å²) >= 11 is 0. The number of esters is 1. The number of aryl methyl sites for hydroxylation is 1. The highest BCUT2D eigenvalue weighted by Crippen LogP contribution is 2.08. The van der Waals surface area contributed by atoms with Crippen molar-refractivity contribution in [2.45, 2.75) is 52.7 Å². The highest BCUT2D eigenvalue weighted by molar-refractivity contribution is 5.87. The van der Waals surface area contributed by atoms with Crippen LogP contribution in [0, 0.1) is 11.8 Å². The quantitative estimate of drug-likeness (QED) is 0.502. The van der Waals surface area contributed by atoms with E-state index in [0.717, 1.165) is 0 Å². The van der Waals surface area contributed by atoms with Crippen molar-refractivity contribution >= 4 is 11.9 Å². The molecule has 0 saturated carbocycles. The molecule has 0 bridgehead atoms. The minimum absolute atomic E-state index is 0.00945. The van der Waals surface area contributed by atoms with E-state index in [1.807, 2.05) is 62.6 Å². The molecule has 0 fully saturated rings. The van der Waals surface area contributed by atoms with Crippen LogP contribution in [-0.2, 0) is 27.9 Å². The first-order chi connectivity index (χ1) is 11.2. The lowest BCUT2D eigenvalue weighted by atomic mass is 10.0. The summed E-state index contributed by atoms with van der Waals surface area (Å²) in [5, 5.41) is 2.73. The Morgan fingerprint density at radius 1 is 1.29 bits per heavy atom. The molecular weight excluding hydrogens is 308 g/mol. The number of ether oxygens (including phenoxy) is 1. The van der Waals surface area contributed by atoms with Crippen molar-refractivity contribution in [3.05, 3.63) is 18.7 Å². The van der Waals surface area contributed by atoms with Crippen molar-refractivity contribution in [3.8, 4) is 0 Å². The molecule has 1 aromatic heterocycles. The molecule has 2 atom stereocenters. The van der Waals surface area contributed by atoms with Gasteiger partial charge in [-0.3, -0.25) is 4.79 Å². The summed E-state index contributed by atoms with van der Waals surface area (Å²) in [7, 11) is 1.93. The van der Waals surface area contributed by atoms with Crippen molar-refractivity contribution in [2.75, 3.05) is 6.61 Å². The molecule has 1 aromatic rings. The van der Waals surface area contributed by atoms with Crippen LogP contribution in [0.4, 0.5) is 0 Å². The van der Waals surface area contributed by atoms with Gasteiger partial charge in [0.25, 0.3) is 0 Å². The van der Waals surface area contributed by atoms with Gasteiger partial charge in [0.1, 0.15) is 31.6 Å². The van der Waals surface area contributed by atoms with Gasteiger partial charge in [0.05, 0.1) is 13.1 Å². The van der Waals surface area contributed by atoms with Gasteiger partial charge in [-0.15, -0.1) is 0 Å². The number of rotatable bonds is 9. The minimum Gasteiger partial charge on any atom is -0.460 e. The van der Waals surface area contributed by atoms with E-state index in [9.17, 15) is 9.59 Å². The molecule has 0 saturated heterocycles. The number of imidazole rings is 1. The Morgan fingerprint density at radius 2 is 1.96 bits per heavy atom. The first-order valence-corrected chi connectivity index (χ1v) is 8.44. The number of amides is 1. The summed E-state index contributed by atoms with van der Waals surface area (Å²) in [4.78, 5) is 24.4. The molecule has 0 aromatic carbocycles. The predicted molar refractivity (Wildman–Crippen MR) is 90.8 cm³/mol. The summed E-state index contributed by atoms with van der Waals surface area (Å²) in [5.41, 5.74) is 5.85. The van der Waals surface area contributed by atoms with E-state index in [1.54, 1.807) is 0 Å². The topological polar surface area (TPSA) is 90.2 Å². The third kappa shape index (κ3) is 6.70. The Morgan fingerprint density at radius 3 is 2.46 bits per heavy atom. The molecular formula is C17H31N4O3+. The standard InChI is InChI=1S/C17H30N4O3/c1-12(2)10-14(19-16(22)15(18)13(3)4)17(23)24-9-8-21-7-6-20(5)11-21/h6-7,11-15H,8-10,18H2,1-5H3/p+1/t14-,15-/m0/s1. The van der Waals surface area contributed by atoms with Gasteiger partial charge in [0.2, 0.25) is 12.2 Å². The fourth-order valence-corrected chi connectivity index (χ4v) is 2.24. The van der Waals surface area contributed by atoms with Gasteiger partial charge in [-0.1, -0.05) is 27.7 Å². The second kappa shape index (κ2) is 9.42. The Bertz CT molecular complexity index is 540. The second-order valence-corrected chi connectivity index (χ2v) is 6.94. The smallest absolute Gasteiger partial charge is 0.328 e. The highest BCUT2D eigenvalue weighted by atomic mass is 16.5. The maximum atomic E-state index is 12.3. The normalized spacial score (nSPS) is 13.8. The van der Waals surface area contributed by atoms with Gasteiger partial charge >= 0.3 is 5.97 Å². The van der Waals surface area contributed by atoms with Gasteiger partial charge in [0, 0.05) is 0 Å². The average Bonchev–Trinajstić information content (AvgIpc) is 2.90. The Kier molecular flexibility index (Phi) is 7.91. The van der Waals surface area contributed by atoms with E-state index < -0.39 is 18.1 Å². The van der Waals surface area contributed by atoms with Crippen molar-refractivity contribution in [3.63, 3.8) is 0 Å². The molecule has 3 N–H and O–H groups in total. The van der Waals surface area contributed by atoms with Crippen LogP contribution in [0.5, 0.6) is 0 Å². The number of carbonyl (C=O) groups excluding carboxylic acids is 2. The fourth-order valence-electron chi connectivity index (χ4n) is 2.24. The number of carbonyl (C=O) groups is 2.